The number of oxime groups is 1. The fourth-order valence-electron chi connectivity index (χ4n) is 2.20. The van der Waals surface area contributed by atoms with Crippen LogP contribution in [0.5, 0.6) is 0 Å². The van der Waals surface area contributed by atoms with Crippen molar-refractivity contribution in [2.45, 2.75) is 0 Å². The van der Waals surface area contributed by atoms with E-state index in [0.717, 1.165) is 13.6 Å². The van der Waals surface area contributed by atoms with Crippen LogP contribution in [0.15, 0.2) is 27.8 Å². The monoisotopic (exact) mass is 466 g/mol. The largest absolute Gasteiger partial charge is 0.409 e. The lowest BCUT2D eigenvalue weighted by atomic mass is 10.2. The molecule has 1 aromatic rings. The van der Waals surface area contributed by atoms with Crippen molar-refractivity contribution in [2.24, 2.45) is 10.9 Å². The third-order valence-corrected chi connectivity index (χ3v) is 4.77. The second kappa shape index (κ2) is 7.41. The summed E-state index contributed by atoms with van der Waals surface area (Å²) in [5.41, 5.74) is 6.21. The van der Waals surface area contributed by atoms with E-state index in [2.05, 4.69) is 48.6 Å². The van der Waals surface area contributed by atoms with Crippen LogP contribution in [0.25, 0.3) is 0 Å². The Labute approximate surface area is 145 Å². The van der Waals surface area contributed by atoms with E-state index in [-0.39, 0.29) is 11.7 Å². The molecule has 8 heteroatoms. The van der Waals surface area contributed by atoms with Crippen molar-refractivity contribution >= 4 is 50.3 Å². The van der Waals surface area contributed by atoms with Crippen molar-refractivity contribution < 1.29 is 10.0 Å². The maximum atomic E-state index is 12.6. The maximum Gasteiger partial charge on any atom is 0.255 e. The number of amides is 1. The van der Waals surface area contributed by atoms with Gasteiger partial charge in [-0.3, -0.25) is 9.69 Å². The molecule has 1 aromatic carbocycles. The highest BCUT2D eigenvalue weighted by Gasteiger charge is 2.23. The van der Waals surface area contributed by atoms with Gasteiger partial charge in [-0.2, -0.15) is 0 Å². The second-order valence-electron chi connectivity index (χ2n) is 4.78. The predicted octanol–water partition coefficient (Wildman–Crippen LogP) is 1.56. The van der Waals surface area contributed by atoms with Gasteiger partial charge in [0.2, 0.25) is 0 Å². The molecule has 3 N–H and O–H groups in total. The van der Waals surface area contributed by atoms with Gasteiger partial charge in [-0.25, -0.2) is 0 Å². The Morgan fingerprint density at radius 2 is 2.05 bits per heavy atom. The van der Waals surface area contributed by atoms with Crippen molar-refractivity contribution in [3.05, 3.63) is 31.8 Å². The summed E-state index contributed by atoms with van der Waals surface area (Å²) >= 11 is 5.57. The molecule has 2 rings (SSSR count). The van der Waals surface area contributed by atoms with E-state index in [1.165, 1.54) is 0 Å². The first-order valence-corrected chi connectivity index (χ1v) is 8.31. The van der Waals surface area contributed by atoms with E-state index in [0.29, 0.717) is 32.7 Å². The van der Waals surface area contributed by atoms with Crippen LogP contribution in [-0.4, -0.2) is 59.5 Å². The number of carbonyl (C=O) groups is 1. The first kappa shape index (κ1) is 16.5. The van der Waals surface area contributed by atoms with Crippen molar-refractivity contribution in [3.63, 3.8) is 0 Å². The topological polar surface area (TPSA) is 82.2 Å². The summed E-state index contributed by atoms with van der Waals surface area (Å²) in [6.45, 7) is 3.13. The molecule has 0 bridgehead atoms. The lowest BCUT2D eigenvalue weighted by molar-refractivity contribution is 0.0652. The molecule has 0 spiro atoms. The number of piperazine rings is 1. The molecule has 6 nitrogen and oxygen atoms in total. The molecule has 1 aliphatic heterocycles. The van der Waals surface area contributed by atoms with Crippen LogP contribution >= 0.6 is 38.5 Å². The van der Waals surface area contributed by atoms with Crippen LogP contribution in [0, 0.1) is 3.57 Å². The van der Waals surface area contributed by atoms with Crippen LogP contribution in [0.1, 0.15) is 10.4 Å². The summed E-state index contributed by atoms with van der Waals surface area (Å²) in [6, 6.07) is 5.70. The molecule has 1 fully saturated rings. The average molecular weight is 467 g/mol. The van der Waals surface area contributed by atoms with E-state index in [9.17, 15) is 4.79 Å². The number of rotatable bonds is 3. The molecule has 0 saturated carbocycles. The Morgan fingerprint density at radius 3 is 2.67 bits per heavy atom. The number of amidine groups is 1. The Hall–Kier alpha value is -0.870. The normalized spacial score (nSPS) is 17.0. The highest BCUT2D eigenvalue weighted by Crippen LogP contribution is 2.20. The first-order chi connectivity index (χ1) is 10.0. The number of nitrogens with two attached hydrogens (primary N) is 1. The molecule has 1 saturated heterocycles. The Morgan fingerprint density at radius 1 is 1.38 bits per heavy atom. The zero-order chi connectivity index (χ0) is 15.4. The van der Waals surface area contributed by atoms with Gasteiger partial charge in [0.25, 0.3) is 5.91 Å². The summed E-state index contributed by atoms with van der Waals surface area (Å²) < 4.78 is 1.84. The number of nitrogens with zero attached hydrogens (tertiary/aromatic N) is 3. The van der Waals surface area contributed by atoms with Crippen LogP contribution in [0.4, 0.5) is 0 Å². The number of hydrogen-bond donors (Lipinski definition) is 2. The summed E-state index contributed by atoms with van der Waals surface area (Å²) in [5.74, 6) is 0.237. The van der Waals surface area contributed by atoms with E-state index in [4.69, 9.17) is 10.9 Å². The highest BCUT2D eigenvalue weighted by molar-refractivity contribution is 14.1. The summed E-state index contributed by atoms with van der Waals surface area (Å²) in [6.07, 6.45) is 0. The lowest BCUT2D eigenvalue weighted by Crippen LogP contribution is -2.50. The van der Waals surface area contributed by atoms with E-state index < -0.39 is 0 Å². The number of carbonyl (C=O) groups excluding carboxylic acids is 1. The summed E-state index contributed by atoms with van der Waals surface area (Å²) in [4.78, 5) is 16.5. The average Bonchev–Trinajstić information content (AvgIpc) is 2.49. The van der Waals surface area contributed by atoms with Crippen LogP contribution < -0.4 is 5.73 Å². The minimum Gasteiger partial charge on any atom is -0.409 e. The zero-order valence-corrected chi connectivity index (χ0v) is 15.0. The molecule has 0 unspecified atom stereocenters. The molecule has 1 aliphatic rings. The minimum absolute atomic E-state index is 0.0455. The van der Waals surface area contributed by atoms with E-state index in [1.54, 1.807) is 0 Å². The molecule has 21 heavy (non-hydrogen) atoms. The highest BCUT2D eigenvalue weighted by atomic mass is 127. The summed E-state index contributed by atoms with van der Waals surface area (Å²) in [7, 11) is 0. The van der Waals surface area contributed by atoms with Crippen molar-refractivity contribution in [1.29, 1.82) is 0 Å². The fraction of sp³-hybridized carbons (Fsp3) is 0.385. The van der Waals surface area contributed by atoms with Crippen LogP contribution in [-0.2, 0) is 0 Å². The molecule has 0 radical (unpaired) electrons. The van der Waals surface area contributed by atoms with Crippen LogP contribution in [0.3, 0.4) is 0 Å². The van der Waals surface area contributed by atoms with Gasteiger partial charge >= 0.3 is 0 Å². The van der Waals surface area contributed by atoms with Gasteiger partial charge in [0.1, 0.15) is 0 Å². The van der Waals surface area contributed by atoms with Gasteiger partial charge in [0, 0.05) is 34.2 Å². The number of hydrogen-bond acceptors (Lipinski definition) is 4. The molecule has 0 aromatic heterocycles. The van der Waals surface area contributed by atoms with E-state index in [1.807, 2.05) is 23.1 Å². The van der Waals surface area contributed by atoms with Crippen molar-refractivity contribution in [2.75, 3.05) is 32.7 Å². The third kappa shape index (κ3) is 4.30. The molecule has 114 valence electrons. The minimum atomic E-state index is 0.0455. The Kier molecular flexibility index (Phi) is 5.82. The van der Waals surface area contributed by atoms with Crippen molar-refractivity contribution in [1.82, 2.24) is 9.80 Å². The number of benzene rings is 1. The standard InChI is InChI=1S/C13H16BrIN4O2/c14-9-1-2-11(15)10(7-9)13(20)19-5-3-18(4-6-19)8-12(16)17-21/h1-2,7,21H,3-6,8H2,(H2,16,17). The molecular formula is C13H16BrIN4O2. The smallest absolute Gasteiger partial charge is 0.255 e. The Balaban J connectivity index is 1.99. The zero-order valence-electron chi connectivity index (χ0n) is 11.3. The van der Waals surface area contributed by atoms with Gasteiger partial charge in [0.05, 0.1) is 12.1 Å². The van der Waals surface area contributed by atoms with Crippen LogP contribution in [0.2, 0.25) is 0 Å². The van der Waals surface area contributed by atoms with Gasteiger partial charge in [-0.1, -0.05) is 21.1 Å². The van der Waals surface area contributed by atoms with Crippen molar-refractivity contribution in [3.8, 4) is 0 Å². The Bertz CT molecular complexity index is 559. The van der Waals surface area contributed by atoms with Gasteiger partial charge < -0.3 is 15.8 Å². The molecule has 1 amide bonds. The molecular weight excluding hydrogens is 451 g/mol. The van der Waals surface area contributed by atoms with E-state index >= 15 is 0 Å². The molecule has 0 aliphatic carbocycles. The van der Waals surface area contributed by atoms with Gasteiger partial charge in [-0.05, 0) is 40.8 Å². The lowest BCUT2D eigenvalue weighted by Gasteiger charge is -2.34. The maximum absolute atomic E-state index is 12.6. The first-order valence-electron chi connectivity index (χ1n) is 6.44. The summed E-state index contributed by atoms with van der Waals surface area (Å²) in [5, 5.41) is 11.5. The van der Waals surface area contributed by atoms with Gasteiger partial charge in [0.15, 0.2) is 5.84 Å². The molecule has 0 atom stereocenters. The fourth-order valence-corrected chi connectivity index (χ4v) is 3.13. The predicted molar refractivity (Wildman–Crippen MR) is 92.6 cm³/mol. The third-order valence-electron chi connectivity index (χ3n) is 3.33. The molecule has 1 heterocycles. The number of halogens is 2. The quantitative estimate of drug-likeness (QED) is 0.233. The second-order valence-corrected chi connectivity index (χ2v) is 6.86. The SMILES string of the molecule is N/C(CN1CCN(C(=O)c2cc(Br)ccc2I)CC1)=N/O. The van der Waals surface area contributed by atoms with Gasteiger partial charge in [-0.15, -0.1) is 0 Å².